The number of benzene rings is 1. The van der Waals surface area contributed by atoms with Gasteiger partial charge in [0.25, 0.3) is 0 Å². The quantitative estimate of drug-likeness (QED) is 0.757. The van der Waals surface area contributed by atoms with Crippen molar-refractivity contribution in [2.24, 2.45) is 0 Å². The van der Waals surface area contributed by atoms with Crippen LogP contribution >= 0.6 is 0 Å². The molecule has 1 aliphatic rings. The fourth-order valence-electron chi connectivity index (χ4n) is 3.94. The SMILES string of the molecule is Cc1ccc(Cn2cccc2-c2cc(C(=O)O)ccn2)c2c1CCCC2. The van der Waals surface area contributed by atoms with E-state index in [0.717, 1.165) is 18.7 Å². The van der Waals surface area contributed by atoms with Gasteiger partial charge in [-0.25, -0.2) is 4.79 Å². The van der Waals surface area contributed by atoms with Crippen molar-refractivity contribution in [2.45, 2.75) is 39.2 Å². The summed E-state index contributed by atoms with van der Waals surface area (Å²) in [6.07, 6.45) is 8.46. The largest absolute Gasteiger partial charge is 0.478 e. The van der Waals surface area contributed by atoms with Crippen molar-refractivity contribution < 1.29 is 9.90 Å². The number of rotatable bonds is 4. The Morgan fingerprint density at radius 3 is 2.77 bits per heavy atom. The molecule has 26 heavy (non-hydrogen) atoms. The minimum Gasteiger partial charge on any atom is -0.478 e. The zero-order valence-electron chi connectivity index (χ0n) is 14.9. The lowest BCUT2D eigenvalue weighted by Gasteiger charge is -2.22. The molecule has 1 aromatic carbocycles. The lowest BCUT2D eigenvalue weighted by atomic mass is 9.85. The topological polar surface area (TPSA) is 55.1 Å². The van der Waals surface area contributed by atoms with E-state index < -0.39 is 5.97 Å². The van der Waals surface area contributed by atoms with Gasteiger partial charge in [0.1, 0.15) is 0 Å². The molecule has 4 nitrogen and oxygen atoms in total. The van der Waals surface area contributed by atoms with Crippen molar-refractivity contribution in [1.29, 1.82) is 0 Å². The minimum atomic E-state index is -0.931. The molecule has 0 saturated carbocycles. The highest BCUT2D eigenvalue weighted by atomic mass is 16.4. The monoisotopic (exact) mass is 346 g/mol. The van der Waals surface area contributed by atoms with Crippen LogP contribution < -0.4 is 0 Å². The molecule has 2 aromatic heterocycles. The highest BCUT2D eigenvalue weighted by molar-refractivity contribution is 5.88. The number of carboxylic acids is 1. The van der Waals surface area contributed by atoms with Crippen LogP contribution in [0.5, 0.6) is 0 Å². The molecule has 4 heteroatoms. The molecule has 0 atom stereocenters. The molecule has 2 heterocycles. The summed E-state index contributed by atoms with van der Waals surface area (Å²) in [7, 11) is 0. The number of fused-ring (bicyclic) bond motifs is 1. The summed E-state index contributed by atoms with van der Waals surface area (Å²) >= 11 is 0. The van der Waals surface area contributed by atoms with Gasteiger partial charge in [0.05, 0.1) is 17.0 Å². The van der Waals surface area contributed by atoms with Crippen molar-refractivity contribution >= 4 is 5.97 Å². The second-order valence-corrected chi connectivity index (χ2v) is 6.96. The Morgan fingerprint density at radius 2 is 1.96 bits per heavy atom. The maximum Gasteiger partial charge on any atom is 0.335 e. The summed E-state index contributed by atoms with van der Waals surface area (Å²) in [6.45, 7) is 2.99. The van der Waals surface area contributed by atoms with E-state index in [1.807, 2.05) is 18.3 Å². The number of carboxylic acid groups (broad SMARTS) is 1. The van der Waals surface area contributed by atoms with Crippen molar-refractivity contribution in [1.82, 2.24) is 9.55 Å². The highest BCUT2D eigenvalue weighted by Gasteiger charge is 2.16. The molecule has 132 valence electrons. The minimum absolute atomic E-state index is 0.260. The third-order valence-electron chi connectivity index (χ3n) is 5.31. The van der Waals surface area contributed by atoms with Crippen LogP contribution in [0.4, 0.5) is 0 Å². The zero-order valence-corrected chi connectivity index (χ0v) is 14.9. The van der Waals surface area contributed by atoms with Crippen LogP contribution in [0.1, 0.15) is 45.5 Å². The van der Waals surface area contributed by atoms with Crippen LogP contribution in [0.15, 0.2) is 48.8 Å². The van der Waals surface area contributed by atoms with E-state index in [4.69, 9.17) is 0 Å². The first-order chi connectivity index (χ1) is 12.6. The third kappa shape index (κ3) is 3.03. The number of hydrogen-bond acceptors (Lipinski definition) is 2. The number of hydrogen-bond donors (Lipinski definition) is 1. The van der Waals surface area contributed by atoms with E-state index >= 15 is 0 Å². The molecule has 0 aliphatic heterocycles. The van der Waals surface area contributed by atoms with Crippen LogP contribution in [0.2, 0.25) is 0 Å². The van der Waals surface area contributed by atoms with Gasteiger partial charge in [0.15, 0.2) is 0 Å². The van der Waals surface area contributed by atoms with Crippen molar-refractivity contribution in [3.8, 4) is 11.4 Å². The summed E-state index contributed by atoms with van der Waals surface area (Å²) in [5.41, 5.74) is 7.67. The van der Waals surface area contributed by atoms with Crippen molar-refractivity contribution in [3.05, 3.63) is 76.6 Å². The average Bonchev–Trinajstić information content (AvgIpc) is 3.12. The van der Waals surface area contributed by atoms with Gasteiger partial charge in [0.2, 0.25) is 0 Å². The van der Waals surface area contributed by atoms with Gasteiger partial charge in [0, 0.05) is 18.9 Å². The first-order valence-electron chi connectivity index (χ1n) is 9.08. The smallest absolute Gasteiger partial charge is 0.335 e. The van der Waals surface area contributed by atoms with E-state index in [1.165, 1.54) is 47.6 Å². The average molecular weight is 346 g/mol. The number of aromatic nitrogens is 2. The molecule has 0 radical (unpaired) electrons. The van der Waals surface area contributed by atoms with Gasteiger partial charge in [-0.05, 0) is 79.1 Å². The van der Waals surface area contributed by atoms with Gasteiger partial charge in [-0.3, -0.25) is 4.98 Å². The van der Waals surface area contributed by atoms with Gasteiger partial charge in [-0.1, -0.05) is 12.1 Å². The fraction of sp³-hybridized carbons (Fsp3) is 0.273. The van der Waals surface area contributed by atoms with Gasteiger partial charge in [-0.15, -0.1) is 0 Å². The lowest BCUT2D eigenvalue weighted by Crippen LogP contribution is -2.11. The summed E-state index contributed by atoms with van der Waals surface area (Å²) < 4.78 is 2.16. The molecule has 0 bridgehead atoms. The molecule has 0 unspecified atom stereocenters. The molecule has 0 amide bonds. The Morgan fingerprint density at radius 1 is 1.15 bits per heavy atom. The summed E-state index contributed by atoms with van der Waals surface area (Å²) in [4.78, 5) is 15.6. The normalized spacial score (nSPS) is 13.4. The predicted octanol–water partition coefficient (Wildman–Crippen LogP) is 4.48. The van der Waals surface area contributed by atoms with Gasteiger partial charge >= 0.3 is 5.97 Å². The number of carbonyl (C=O) groups is 1. The van der Waals surface area contributed by atoms with Crippen LogP contribution in [-0.4, -0.2) is 20.6 Å². The second kappa shape index (κ2) is 6.79. The molecule has 4 rings (SSSR count). The maximum atomic E-state index is 11.3. The summed E-state index contributed by atoms with van der Waals surface area (Å²) in [5.74, 6) is -0.931. The highest BCUT2D eigenvalue weighted by Crippen LogP contribution is 2.29. The van der Waals surface area contributed by atoms with E-state index in [1.54, 1.807) is 12.3 Å². The molecular weight excluding hydrogens is 324 g/mol. The molecule has 0 saturated heterocycles. The van der Waals surface area contributed by atoms with E-state index in [9.17, 15) is 9.90 Å². The Hall–Kier alpha value is -2.88. The van der Waals surface area contributed by atoms with Gasteiger partial charge in [-0.2, -0.15) is 0 Å². The Bertz CT molecular complexity index is 972. The van der Waals surface area contributed by atoms with Crippen molar-refractivity contribution in [2.75, 3.05) is 0 Å². The number of pyridine rings is 1. The molecule has 0 spiro atoms. The molecular formula is C22H22N2O2. The lowest BCUT2D eigenvalue weighted by molar-refractivity contribution is 0.0697. The molecule has 3 aromatic rings. The Kier molecular flexibility index (Phi) is 4.33. The first kappa shape index (κ1) is 16.6. The first-order valence-corrected chi connectivity index (χ1v) is 9.08. The predicted molar refractivity (Wildman–Crippen MR) is 102 cm³/mol. The molecule has 1 N–H and O–H groups in total. The second-order valence-electron chi connectivity index (χ2n) is 6.96. The molecule has 1 aliphatic carbocycles. The van der Waals surface area contributed by atoms with E-state index in [2.05, 4.69) is 28.6 Å². The molecule has 0 fully saturated rings. The number of aromatic carboxylic acids is 1. The van der Waals surface area contributed by atoms with Crippen molar-refractivity contribution in [3.63, 3.8) is 0 Å². The van der Waals surface area contributed by atoms with Crippen LogP contribution in [0.25, 0.3) is 11.4 Å². The Balaban J connectivity index is 1.71. The van der Waals surface area contributed by atoms with Crippen LogP contribution in [0.3, 0.4) is 0 Å². The van der Waals surface area contributed by atoms with Gasteiger partial charge < -0.3 is 9.67 Å². The van der Waals surface area contributed by atoms with E-state index in [0.29, 0.717) is 5.69 Å². The number of nitrogens with zero attached hydrogens (tertiary/aromatic N) is 2. The number of aryl methyl sites for hydroxylation is 1. The summed E-state index contributed by atoms with van der Waals surface area (Å²) in [6, 6.07) is 11.6. The fourth-order valence-corrected chi connectivity index (χ4v) is 3.94. The Labute approximate surface area is 153 Å². The van der Waals surface area contributed by atoms with Crippen LogP contribution in [-0.2, 0) is 19.4 Å². The van der Waals surface area contributed by atoms with E-state index in [-0.39, 0.29) is 5.56 Å². The van der Waals surface area contributed by atoms with Crippen LogP contribution in [0, 0.1) is 6.92 Å². The zero-order chi connectivity index (χ0) is 18.1. The standard InChI is InChI=1S/C22H22N2O2/c1-15-8-9-17(19-6-3-2-5-18(15)19)14-24-12-4-7-21(24)20-13-16(22(25)26)10-11-23-20/h4,7-13H,2-3,5-6,14H2,1H3,(H,25,26). The maximum absolute atomic E-state index is 11.3. The third-order valence-corrected chi connectivity index (χ3v) is 5.31. The summed E-state index contributed by atoms with van der Waals surface area (Å²) in [5, 5.41) is 9.24.